The van der Waals surface area contributed by atoms with E-state index in [1.807, 2.05) is 0 Å². The molecule has 2 aliphatic carbocycles. The zero-order valence-corrected chi connectivity index (χ0v) is 27.4. The van der Waals surface area contributed by atoms with Crippen LogP contribution in [0.5, 0.6) is 0 Å². The Kier molecular flexibility index (Phi) is 6.69. The van der Waals surface area contributed by atoms with E-state index >= 15 is 0 Å². The molecule has 2 aliphatic rings. The summed E-state index contributed by atoms with van der Waals surface area (Å²) in [5, 5.41) is 5.10. The van der Waals surface area contributed by atoms with Crippen LogP contribution in [-0.2, 0) is 5.41 Å². The summed E-state index contributed by atoms with van der Waals surface area (Å²) in [5.41, 5.74) is 14.3. The van der Waals surface area contributed by atoms with Gasteiger partial charge < -0.3 is 4.90 Å². The molecule has 0 unspecified atom stereocenters. The summed E-state index contributed by atoms with van der Waals surface area (Å²) in [6.45, 7) is 4.74. The maximum absolute atomic E-state index is 2.54. The molecular weight excluding hydrogens is 579 g/mol. The number of hydrogen-bond acceptors (Lipinski definition) is 1. The number of hydrogen-bond donors (Lipinski definition) is 0. The lowest BCUT2D eigenvalue weighted by atomic mass is 9.82. The van der Waals surface area contributed by atoms with E-state index in [1.165, 1.54) is 83.1 Å². The van der Waals surface area contributed by atoms with Crippen molar-refractivity contribution in [2.45, 2.75) is 32.1 Å². The van der Waals surface area contributed by atoms with Gasteiger partial charge >= 0.3 is 0 Å². The average molecular weight is 616 g/mol. The van der Waals surface area contributed by atoms with Crippen LogP contribution >= 0.6 is 0 Å². The van der Waals surface area contributed by atoms with Gasteiger partial charge in [0.25, 0.3) is 0 Å². The lowest BCUT2D eigenvalue weighted by Gasteiger charge is -2.32. The van der Waals surface area contributed by atoms with Crippen molar-refractivity contribution in [3.05, 3.63) is 186 Å². The number of nitrogens with zero attached hydrogens (tertiary/aromatic N) is 1. The molecule has 0 atom stereocenters. The van der Waals surface area contributed by atoms with Crippen molar-refractivity contribution >= 4 is 38.5 Å². The molecule has 0 fully saturated rings. The second kappa shape index (κ2) is 11.2. The van der Waals surface area contributed by atoms with Crippen molar-refractivity contribution in [3.8, 4) is 22.3 Å². The van der Waals surface area contributed by atoms with Crippen LogP contribution in [0.15, 0.2) is 170 Å². The molecule has 0 bridgehead atoms. The zero-order chi connectivity index (χ0) is 32.2. The Hall–Kier alpha value is -5.66. The molecule has 0 heterocycles. The van der Waals surface area contributed by atoms with E-state index in [9.17, 15) is 0 Å². The van der Waals surface area contributed by atoms with Crippen molar-refractivity contribution < 1.29 is 0 Å². The Morgan fingerprint density at radius 1 is 0.479 bits per heavy atom. The standard InChI is InChI=1S/C47H37N/c1-47(2)44-27-23-35(33-15-7-4-8-16-33)29-42(44)43-31-38(26-28-45(43)47)48(37-24-21-34(22-25-37)32-13-5-3-6-14-32)46-30-36-17-9-10-18-39(36)40-19-11-12-20-41(40)46/h3-21,23-24,26-31H,22,25H2,1-2H3. The SMILES string of the molecule is CC1(C)c2ccc(-c3ccccc3)cc2-c2cc(N(C3=CC=C(c4ccccc4)CC3)c3cc4ccccc4c4ccccc34)ccc21. The molecule has 0 saturated heterocycles. The fourth-order valence-electron chi connectivity index (χ4n) is 8.09. The van der Waals surface area contributed by atoms with Gasteiger partial charge in [0, 0.05) is 22.2 Å². The molecule has 48 heavy (non-hydrogen) atoms. The lowest BCUT2D eigenvalue weighted by molar-refractivity contribution is 0.660. The highest BCUT2D eigenvalue weighted by Crippen LogP contribution is 2.52. The third-order valence-electron chi connectivity index (χ3n) is 10.6. The maximum atomic E-state index is 2.54. The summed E-state index contributed by atoms with van der Waals surface area (Å²) in [6, 6.07) is 55.9. The predicted octanol–water partition coefficient (Wildman–Crippen LogP) is 12.9. The van der Waals surface area contributed by atoms with E-state index < -0.39 is 0 Å². The topological polar surface area (TPSA) is 3.24 Å². The maximum Gasteiger partial charge on any atom is 0.0543 e. The van der Waals surface area contributed by atoms with Crippen LogP contribution in [0.3, 0.4) is 0 Å². The Morgan fingerprint density at radius 3 is 1.83 bits per heavy atom. The van der Waals surface area contributed by atoms with Crippen LogP contribution in [-0.4, -0.2) is 0 Å². The summed E-state index contributed by atoms with van der Waals surface area (Å²) >= 11 is 0. The molecular formula is C47H37N. The van der Waals surface area contributed by atoms with Gasteiger partial charge in [0.2, 0.25) is 0 Å². The molecule has 0 aliphatic heterocycles. The zero-order valence-electron chi connectivity index (χ0n) is 27.4. The van der Waals surface area contributed by atoms with Crippen LogP contribution < -0.4 is 4.90 Å². The van der Waals surface area contributed by atoms with Gasteiger partial charge in [-0.1, -0.05) is 147 Å². The Morgan fingerprint density at radius 2 is 1.10 bits per heavy atom. The van der Waals surface area contributed by atoms with E-state index in [4.69, 9.17) is 0 Å². The van der Waals surface area contributed by atoms with E-state index in [0.717, 1.165) is 12.8 Å². The summed E-state index contributed by atoms with van der Waals surface area (Å²) in [7, 11) is 0. The van der Waals surface area contributed by atoms with Crippen molar-refractivity contribution in [1.82, 2.24) is 0 Å². The number of benzene rings is 7. The van der Waals surface area contributed by atoms with Crippen LogP contribution in [0.1, 0.15) is 43.4 Å². The van der Waals surface area contributed by atoms with Gasteiger partial charge in [-0.2, -0.15) is 0 Å². The van der Waals surface area contributed by atoms with Gasteiger partial charge in [-0.15, -0.1) is 0 Å². The first kappa shape index (κ1) is 28.6. The van der Waals surface area contributed by atoms with Crippen LogP contribution in [0, 0.1) is 0 Å². The summed E-state index contributed by atoms with van der Waals surface area (Å²) in [5.74, 6) is 0. The predicted molar refractivity (Wildman–Crippen MR) is 205 cm³/mol. The smallest absolute Gasteiger partial charge is 0.0543 e. The van der Waals surface area contributed by atoms with E-state index in [1.54, 1.807) is 0 Å². The highest BCUT2D eigenvalue weighted by Gasteiger charge is 2.36. The highest BCUT2D eigenvalue weighted by atomic mass is 15.2. The first-order valence-corrected chi connectivity index (χ1v) is 17.1. The Bertz CT molecular complexity index is 2410. The van der Waals surface area contributed by atoms with Crippen LogP contribution in [0.4, 0.5) is 11.4 Å². The van der Waals surface area contributed by atoms with Crippen molar-refractivity contribution in [2.75, 3.05) is 4.90 Å². The van der Waals surface area contributed by atoms with Gasteiger partial charge in [-0.3, -0.25) is 0 Å². The van der Waals surface area contributed by atoms with E-state index in [2.05, 4.69) is 183 Å². The quantitative estimate of drug-likeness (QED) is 0.174. The Labute approximate surface area is 283 Å². The monoisotopic (exact) mass is 615 g/mol. The van der Waals surface area contributed by atoms with E-state index in [0.29, 0.717) is 0 Å². The van der Waals surface area contributed by atoms with Crippen molar-refractivity contribution in [3.63, 3.8) is 0 Å². The minimum absolute atomic E-state index is 0.0731. The van der Waals surface area contributed by atoms with Crippen LogP contribution in [0.2, 0.25) is 0 Å². The molecule has 9 rings (SSSR count). The third-order valence-corrected chi connectivity index (χ3v) is 10.6. The second-order valence-corrected chi connectivity index (χ2v) is 13.7. The summed E-state index contributed by atoms with van der Waals surface area (Å²) < 4.78 is 0. The molecule has 0 spiro atoms. The molecule has 1 heteroatoms. The lowest BCUT2D eigenvalue weighted by Crippen LogP contribution is -2.19. The molecule has 0 N–H and O–H groups in total. The molecule has 7 aromatic rings. The summed E-state index contributed by atoms with van der Waals surface area (Å²) in [4.78, 5) is 2.54. The normalized spacial score (nSPS) is 14.7. The third kappa shape index (κ3) is 4.61. The molecule has 0 radical (unpaired) electrons. The average Bonchev–Trinajstić information content (AvgIpc) is 3.37. The molecule has 7 aromatic carbocycles. The molecule has 0 amide bonds. The highest BCUT2D eigenvalue weighted by molar-refractivity contribution is 6.14. The van der Waals surface area contributed by atoms with Gasteiger partial charge in [0.15, 0.2) is 0 Å². The number of anilines is 2. The summed E-state index contributed by atoms with van der Waals surface area (Å²) in [6.07, 6.45) is 6.65. The first-order chi connectivity index (χ1) is 23.6. The minimum atomic E-state index is -0.0731. The molecule has 1 nitrogen and oxygen atoms in total. The van der Waals surface area contributed by atoms with Crippen molar-refractivity contribution in [2.24, 2.45) is 0 Å². The fraction of sp³-hybridized carbons (Fsp3) is 0.106. The largest absolute Gasteiger partial charge is 0.314 e. The van der Waals surface area contributed by atoms with Gasteiger partial charge in [0.05, 0.1) is 5.69 Å². The molecule has 0 aromatic heterocycles. The molecule has 230 valence electrons. The van der Waals surface area contributed by atoms with E-state index in [-0.39, 0.29) is 5.41 Å². The van der Waals surface area contributed by atoms with Crippen LogP contribution in [0.25, 0.3) is 49.4 Å². The van der Waals surface area contributed by atoms with Gasteiger partial charge in [0.1, 0.15) is 0 Å². The van der Waals surface area contributed by atoms with Gasteiger partial charge in [-0.05, 0) is 104 Å². The number of allylic oxidation sites excluding steroid dienone is 4. The Balaban J connectivity index is 1.26. The molecule has 0 saturated carbocycles. The first-order valence-electron chi connectivity index (χ1n) is 17.1. The van der Waals surface area contributed by atoms with Crippen molar-refractivity contribution in [1.29, 1.82) is 0 Å². The number of fused-ring (bicyclic) bond motifs is 6. The minimum Gasteiger partial charge on any atom is -0.314 e. The van der Waals surface area contributed by atoms with Gasteiger partial charge in [-0.25, -0.2) is 0 Å². The second-order valence-electron chi connectivity index (χ2n) is 13.7. The number of rotatable bonds is 5. The fourth-order valence-corrected chi connectivity index (χ4v) is 8.09.